The number of aliphatic carboxylic acids is 2. The van der Waals surface area contributed by atoms with E-state index in [0.717, 1.165) is 48.6 Å². The van der Waals surface area contributed by atoms with Crippen LogP contribution in [0.3, 0.4) is 0 Å². The number of carboxylic acids is 2. The number of fused-ring (bicyclic) bond motifs is 1. The van der Waals surface area contributed by atoms with Crippen molar-refractivity contribution < 1.29 is 96.8 Å². The Labute approximate surface area is 676 Å². The van der Waals surface area contributed by atoms with Crippen LogP contribution in [-0.2, 0) is 87.9 Å². The molecular weight excluding hydrogens is 1480 g/mol. The summed E-state index contributed by atoms with van der Waals surface area (Å²) < 4.78 is 0. The van der Waals surface area contributed by atoms with E-state index in [2.05, 4.69) is 43.8 Å². The maximum absolute atomic E-state index is 14.6. The van der Waals surface area contributed by atoms with Crippen LogP contribution in [-0.4, -0.2) is 176 Å². The number of nitrogens with two attached hydrogens (primary N) is 5. The van der Waals surface area contributed by atoms with E-state index in [1.807, 2.05) is 24.3 Å². The van der Waals surface area contributed by atoms with Crippen LogP contribution in [0.15, 0.2) is 30.5 Å². The second-order valence-electron chi connectivity index (χ2n) is 31.2. The second kappa shape index (κ2) is 57.0. The van der Waals surface area contributed by atoms with Crippen LogP contribution in [0, 0.1) is 41.4 Å². The lowest BCUT2D eigenvalue weighted by Crippen LogP contribution is -2.50. The minimum atomic E-state index is -1.56. The molecular formula is C83H134N12O20. The first-order valence-corrected chi connectivity index (χ1v) is 41.4. The molecule has 0 aliphatic carbocycles. The van der Waals surface area contributed by atoms with Gasteiger partial charge in [0.25, 0.3) is 0 Å². The molecule has 0 radical (unpaired) electrons. The number of carbonyl (C=O) groups excluding carboxylic acids is 15. The Balaban J connectivity index is 2.28. The van der Waals surface area contributed by atoms with Gasteiger partial charge in [-0.25, -0.2) is 0 Å². The zero-order chi connectivity index (χ0) is 86.1. The zero-order valence-corrected chi connectivity index (χ0v) is 68.6. The Morgan fingerprint density at radius 2 is 0.861 bits per heavy atom. The van der Waals surface area contributed by atoms with Gasteiger partial charge in [-0.3, -0.25) is 81.5 Å². The lowest BCUT2D eigenvalue weighted by molar-refractivity contribution is -0.139. The molecule has 1 heterocycles. The highest BCUT2D eigenvalue weighted by Gasteiger charge is 2.38. The topological polar surface area (TPSA) is 569 Å². The first kappa shape index (κ1) is 102. The van der Waals surface area contributed by atoms with Crippen molar-refractivity contribution in [2.45, 2.75) is 309 Å². The van der Waals surface area contributed by atoms with Gasteiger partial charge in [-0.15, -0.1) is 0 Å². The minimum absolute atomic E-state index is 0.0424. The third-order valence-corrected chi connectivity index (χ3v) is 21.3. The molecule has 1 aromatic heterocycles. The zero-order valence-electron chi connectivity index (χ0n) is 68.6. The predicted octanol–water partition coefficient (Wildman–Crippen LogP) is 5.65. The smallest absolute Gasteiger partial charge is 0.303 e. The van der Waals surface area contributed by atoms with Gasteiger partial charge in [0.05, 0.1) is 43.2 Å². The van der Waals surface area contributed by atoms with Crippen LogP contribution >= 0.6 is 0 Å². The molecule has 115 heavy (non-hydrogen) atoms. The first-order valence-electron chi connectivity index (χ1n) is 41.4. The van der Waals surface area contributed by atoms with E-state index < -0.39 is 274 Å². The number of carboxylic acid groups (broad SMARTS) is 2. The summed E-state index contributed by atoms with van der Waals surface area (Å²) in [5.74, 6) is -21.4. The number of ketones is 6. The van der Waals surface area contributed by atoms with Gasteiger partial charge < -0.3 is 80.9 Å². The molecule has 0 saturated heterocycles. The fourth-order valence-corrected chi connectivity index (χ4v) is 13.8. The predicted molar refractivity (Wildman–Crippen MR) is 432 cm³/mol. The van der Waals surface area contributed by atoms with E-state index in [-0.39, 0.29) is 38.8 Å². The quantitative estimate of drug-likeness (QED) is 0.0355. The van der Waals surface area contributed by atoms with Crippen molar-refractivity contribution in [3.63, 3.8) is 0 Å². The maximum atomic E-state index is 14.6. The first-order chi connectivity index (χ1) is 54.6. The summed E-state index contributed by atoms with van der Waals surface area (Å²) in [5.41, 5.74) is 29.8. The van der Waals surface area contributed by atoms with Gasteiger partial charge in [0.2, 0.25) is 53.2 Å². The standard InChI is InChI=1S/C83H134N12O20/c1-7-9-10-11-12-13-14-15-16-17-18-19-20-31-75(105)91-65(48-74(87)104)67(97)35-37-76(106)90-62(33-38-77(107)108)71(101)46-58(51(3)4)82(114)94-63(32-36-73(86)103)68(98)42-53(6)80(112)92-64(34-39-78(109)110)72(102)47-59(52(5)8-2)83(115)93-61(30-24-26-41-85)69(99)44-54(27-23-25-40-84)81(113)95-66(50-96)70(100)45-55(79(88)111)43-56-49-89-60-29-22-21-28-57(56)60/h21-22,28-29,49,51-55,58-59,61-66,89,96H,7-20,23-27,30-48,50,84-85H2,1-6H3,(H2,86,103)(H2,87,104)(H2,88,111)(H,90,106)(H,91,105)(H,92,112)(H,93,115)(H,94,114)(H,95,113)(H,107,108)(H,109,110)/t52-,53+,54+,55+,58-,59-,61-,62-,63-,64-,65-,66-/m0/s1. The molecule has 0 bridgehead atoms. The largest absolute Gasteiger partial charge is 0.481 e. The summed E-state index contributed by atoms with van der Waals surface area (Å²) in [6.45, 7) is 9.67. The molecule has 646 valence electrons. The minimum Gasteiger partial charge on any atom is -0.481 e. The lowest BCUT2D eigenvalue weighted by atomic mass is 9.84. The van der Waals surface area contributed by atoms with E-state index in [0.29, 0.717) is 38.5 Å². The van der Waals surface area contributed by atoms with Crippen LogP contribution in [0.5, 0.6) is 0 Å². The number of carbonyl (C=O) groups is 17. The number of unbranched alkanes of at least 4 members (excludes halogenated alkanes) is 14. The van der Waals surface area contributed by atoms with Crippen LogP contribution in [0.2, 0.25) is 0 Å². The number of hydrogen-bond donors (Lipinski definition) is 15. The highest BCUT2D eigenvalue weighted by molar-refractivity contribution is 6.00. The Morgan fingerprint density at radius 3 is 1.38 bits per heavy atom. The number of aliphatic hydroxyl groups excluding tert-OH is 1. The number of primary amides is 3. The Bertz CT molecular complexity index is 3490. The summed E-state index contributed by atoms with van der Waals surface area (Å²) in [4.78, 5) is 232. The average molecular weight is 1620 g/mol. The number of nitrogens with one attached hydrogen (secondary N) is 7. The molecule has 0 saturated carbocycles. The lowest BCUT2D eigenvalue weighted by Gasteiger charge is -2.28. The number of aromatic nitrogens is 1. The second-order valence-corrected chi connectivity index (χ2v) is 31.2. The molecule has 0 fully saturated rings. The summed E-state index contributed by atoms with van der Waals surface area (Å²) in [5, 5.41) is 46.1. The fraction of sp³-hybridized carbons (Fsp3) is 0.699. The molecule has 32 nitrogen and oxygen atoms in total. The molecule has 2 aromatic rings. The van der Waals surface area contributed by atoms with Gasteiger partial charge in [-0.1, -0.05) is 150 Å². The number of aliphatic hydroxyl groups is 1. The van der Waals surface area contributed by atoms with Gasteiger partial charge >= 0.3 is 11.9 Å². The number of para-hydroxylation sites is 1. The van der Waals surface area contributed by atoms with Crippen LogP contribution in [0.1, 0.15) is 272 Å². The van der Waals surface area contributed by atoms with E-state index >= 15 is 0 Å². The third kappa shape index (κ3) is 41.3. The van der Waals surface area contributed by atoms with Crippen molar-refractivity contribution in [3.8, 4) is 0 Å². The van der Waals surface area contributed by atoms with E-state index in [1.54, 1.807) is 33.9 Å². The molecule has 0 aliphatic rings. The number of benzene rings is 1. The van der Waals surface area contributed by atoms with E-state index in [4.69, 9.17) is 28.7 Å². The van der Waals surface area contributed by atoms with Crippen LogP contribution in [0.4, 0.5) is 0 Å². The van der Waals surface area contributed by atoms with Crippen molar-refractivity contribution >= 4 is 111 Å². The Hall–Kier alpha value is -9.17. The van der Waals surface area contributed by atoms with E-state index in [1.165, 1.54) is 51.9 Å². The average Bonchev–Trinajstić information content (AvgIpc) is 1.77. The summed E-state index contributed by atoms with van der Waals surface area (Å²) in [7, 11) is 0. The SMILES string of the molecule is CCCCCCCCCCCCCCCC(=O)N[C@@H](CC(N)=O)C(=O)CCC(=O)N[C@@H](CCC(=O)O)C(=O)C[C@H](C(=O)N[C@@H](CCC(N)=O)C(=O)C[C@@H](C)C(=O)N[C@@H](CCC(=O)O)C(=O)C[C@H](C(=O)N[C@@H](CCCCN)C(=O)C[C@@H](CCCCN)C(=O)N[C@@H](CO)C(=O)C[C@@H](Cc1c[nH]c2ccccc12)C(N)=O)[C@@H](C)CC)C(C)C. The van der Waals surface area contributed by atoms with Gasteiger partial charge in [-0.2, -0.15) is 0 Å². The van der Waals surface area contributed by atoms with Gasteiger partial charge in [0.1, 0.15) is 6.04 Å². The molecule has 12 atom stereocenters. The van der Waals surface area contributed by atoms with Crippen molar-refractivity contribution in [1.82, 2.24) is 36.9 Å². The third-order valence-electron chi connectivity index (χ3n) is 21.3. The molecule has 0 unspecified atom stereocenters. The summed E-state index contributed by atoms with van der Waals surface area (Å²) >= 11 is 0. The monoisotopic (exact) mass is 1620 g/mol. The van der Waals surface area contributed by atoms with Crippen LogP contribution in [0.25, 0.3) is 10.9 Å². The molecule has 9 amide bonds. The van der Waals surface area contributed by atoms with Crippen molar-refractivity contribution in [3.05, 3.63) is 36.0 Å². The summed E-state index contributed by atoms with van der Waals surface area (Å²) in [6, 6.07) is -1.35. The number of Topliss-reactive ketones (excluding diaryl/α,β-unsaturated/α-hetero) is 6. The number of rotatable bonds is 69. The normalized spacial score (nSPS) is 14.5. The van der Waals surface area contributed by atoms with Crippen molar-refractivity contribution in [2.75, 3.05) is 19.7 Å². The van der Waals surface area contributed by atoms with Crippen molar-refractivity contribution in [2.24, 2.45) is 70.1 Å². The van der Waals surface area contributed by atoms with Crippen LogP contribution < -0.4 is 60.6 Å². The van der Waals surface area contributed by atoms with Gasteiger partial charge in [-0.05, 0) is 101 Å². The Kier molecular flexibility index (Phi) is 50.5. The van der Waals surface area contributed by atoms with E-state index in [9.17, 15) is 96.8 Å². The van der Waals surface area contributed by atoms with Gasteiger partial charge in [0, 0.05) is 117 Å². The Morgan fingerprint density at radius 1 is 0.409 bits per heavy atom. The highest BCUT2D eigenvalue weighted by atomic mass is 16.4. The number of hydrogen-bond acceptors (Lipinski definition) is 20. The fourth-order valence-electron chi connectivity index (χ4n) is 13.8. The molecule has 2 rings (SSSR count). The number of H-pyrrole nitrogens is 1. The molecule has 0 aliphatic heterocycles. The molecule has 32 heteroatoms. The number of amides is 9. The maximum Gasteiger partial charge on any atom is 0.303 e. The molecule has 1 aromatic carbocycles. The van der Waals surface area contributed by atoms with Crippen molar-refractivity contribution in [1.29, 1.82) is 0 Å². The highest BCUT2D eigenvalue weighted by Crippen LogP contribution is 2.27. The molecule has 0 spiro atoms. The molecule has 20 N–H and O–H groups in total. The van der Waals surface area contributed by atoms with Gasteiger partial charge in [0.15, 0.2) is 34.7 Å². The summed E-state index contributed by atoms with van der Waals surface area (Å²) in [6.07, 6.45) is 10.8. The number of aromatic amines is 1.